The van der Waals surface area contributed by atoms with Crippen LogP contribution in [0.2, 0.25) is 5.02 Å². The highest BCUT2D eigenvalue weighted by Crippen LogP contribution is 2.35. The molecule has 1 aliphatic heterocycles. The zero-order valence-corrected chi connectivity index (χ0v) is 16.6. The van der Waals surface area contributed by atoms with Gasteiger partial charge < -0.3 is 14.8 Å². The lowest BCUT2D eigenvalue weighted by molar-refractivity contribution is 0.379. The minimum absolute atomic E-state index is 0.496. The van der Waals surface area contributed by atoms with E-state index in [0.29, 0.717) is 28.2 Å². The molecule has 0 atom stereocenters. The molecule has 1 N–H and O–H groups in total. The maximum Gasteiger partial charge on any atom is 0.227 e. The van der Waals surface area contributed by atoms with E-state index in [1.165, 1.54) is 0 Å². The first-order valence-corrected chi connectivity index (χ1v) is 9.97. The van der Waals surface area contributed by atoms with E-state index < -0.39 is 0 Å². The number of thioether (sulfide) groups is 1. The fourth-order valence-corrected chi connectivity index (χ4v) is 3.57. The summed E-state index contributed by atoms with van der Waals surface area (Å²) in [6.45, 7) is 0.830. The molecule has 28 heavy (non-hydrogen) atoms. The SMILES string of the molecule is COc1ccc(Nc2nccc(C3=NCCS3)n2)cc1Oc1ccc(Cl)cc1. The van der Waals surface area contributed by atoms with Crippen LogP contribution in [0.25, 0.3) is 0 Å². The third kappa shape index (κ3) is 4.37. The molecule has 0 bridgehead atoms. The highest BCUT2D eigenvalue weighted by Gasteiger charge is 2.13. The molecule has 0 spiro atoms. The van der Waals surface area contributed by atoms with Crippen molar-refractivity contribution in [3.8, 4) is 17.2 Å². The Morgan fingerprint density at radius 2 is 1.93 bits per heavy atom. The summed E-state index contributed by atoms with van der Waals surface area (Å²) in [5.74, 6) is 3.34. The first-order valence-electron chi connectivity index (χ1n) is 8.60. The number of aromatic nitrogens is 2. The molecule has 8 heteroatoms. The second kappa shape index (κ2) is 8.50. The third-order valence-corrected chi connectivity index (χ3v) is 5.17. The van der Waals surface area contributed by atoms with Crippen molar-refractivity contribution in [3.05, 3.63) is 65.4 Å². The Balaban J connectivity index is 1.57. The van der Waals surface area contributed by atoms with E-state index in [1.807, 2.05) is 24.3 Å². The quantitative estimate of drug-likeness (QED) is 0.602. The van der Waals surface area contributed by atoms with E-state index in [-0.39, 0.29) is 0 Å². The first-order chi connectivity index (χ1) is 13.7. The average molecular weight is 413 g/mol. The second-order valence-corrected chi connectivity index (χ2v) is 7.37. The number of hydrogen-bond acceptors (Lipinski definition) is 7. The van der Waals surface area contributed by atoms with Crippen molar-refractivity contribution in [2.45, 2.75) is 0 Å². The lowest BCUT2D eigenvalue weighted by Gasteiger charge is -2.13. The van der Waals surface area contributed by atoms with Gasteiger partial charge >= 0.3 is 0 Å². The van der Waals surface area contributed by atoms with Gasteiger partial charge in [-0.1, -0.05) is 11.6 Å². The van der Waals surface area contributed by atoms with Crippen LogP contribution in [0.1, 0.15) is 5.69 Å². The van der Waals surface area contributed by atoms with Gasteiger partial charge in [0.15, 0.2) is 11.5 Å². The molecule has 142 valence electrons. The van der Waals surface area contributed by atoms with Gasteiger partial charge in [-0.3, -0.25) is 4.99 Å². The Morgan fingerprint density at radius 1 is 1.07 bits per heavy atom. The van der Waals surface area contributed by atoms with E-state index in [4.69, 9.17) is 21.1 Å². The molecule has 0 aliphatic carbocycles. The highest BCUT2D eigenvalue weighted by molar-refractivity contribution is 8.14. The molecule has 2 heterocycles. The van der Waals surface area contributed by atoms with E-state index in [1.54, 1.807) is 49.3 Å². The lowest BCUT2D eigenvalue weighted by atomic mass is 10.2. The highest BCUT2D eigenvalue weighted by atomic mass is 35.5. The zero-order chi connectivity index (χ0) is 19.3. The standard InChI is InChI=1S/C20H17ClN4O2S/c1-26-17-7-4-14(12-18(17)27-15-5-2-13(21)3-6-15)24-20-23-9-8-16(25-20)19-22-10-11-28-19/h2-9,12H,10-11H2,1H3,(H,23,24,25). The molecule has 1 aliphatic rings. The minimum Gasteiger partial charge on any atom is -0.493 e. The molecule has 3 aromatic rings. The Bertz CT molecular complexity index is 1010. The van der Waals surface area contributed by atoms with Gasteiger partial charge in [0.05, 0.1) is 7.11 Å². The Hall–Kier alpha value is -2.77. The predicted molar refractivity (Wildman–Crippen MR) is 114 cm³/mol. The summed E-state index contributed by atoms with van der Waals surface area (Å²) in [7, 11) is 1.60. The smallest absolute Gasteiger partial charge is 0.227 e. The van der Waals surface area contributed by atoms with Crippen LogP contribution < -0.4 is 14.8 Å². The summed E-state index contributed by atoms with van der Waals surface area (Å²) >= 11 is 7.64. The van der Waals surface area contributed by atoms with Crippen molar-refractivity contribution in [3.63, 3.8) is 0 Å². The van der Waals surface area contributed by atoms with Crippen LogP contribution in [0.5, 0.6) is 17.2 Å². The zero-order valence-electron chi connectivity index (χ0n) is 15.1. The molecule has 0 unspecified atom stereocenters. The molecule has 1 aromatic heterocycles. The number of anilines is 2. The van der Waals surface area contributed by atoms with Crippen molar-refractivity contribution in [1.29, 1.82) is 0 Å². The predicted octanol–water partition coefficient (Wildman–Crippen LogP) is 5.17. The summed E-state index contributed by atoms with van der Waals surface area (Å²) in [6, 6.07) is 14.6. The maximum atomic E-state index is 5.95. The van der Waals surface area contributed by atoms with Crippen molar-refractivity contribution in [2.75, 3.05) is 24.7 Å². The third-order valence-electron chi connectivity index (χ3n) is 3.92. The van der Waals surface area contributed by atoms with Gasteiger partial charge in [0.2, 0.25) is 5.95 Å². The molecular formula is C20H17ClN4O2S. The van der Waals surface area contributed by atoms with Crippen LogP contribution in [0.15, 0.2) is 59.7 Å². The number of benzene rings is 2. The van der Waals surface area contributed by atoms with Crippen molar-refractivity contribution < 1.29 is 9.47 Å². The minimum atomic E-state index is 0.496. The van der Waals surface area contributed by atoms with Gasteiger partial charge in [0, 0.05) is 35.3 Å². The monoisotopic (exact) mass is 412 g/mol. The molecule has 2 aromatic carbocycles. The molecule has 0 amide bonds. The van der Waals surface area contributed by atoms with Gasteiger partial charge in [-0.15, -0.1) is 11.8 Å². The van der Waals surface area contributed by atoms with Crippen LogP contribution in [-0.2, 0) is 0 Å². The summed E-state index contributed by atoms with van der Waals surface area (Å²) in [5, 5.41) is 4.81. The summed E-state index contributed by atoms with van der Waals surface area (Å²) in [4.78, 5) is 13.3. The maximum absolute atomic E-state index is 5.95. The Kier molecular flexibility index (Phi) is 5.64. The molecule has 0 saturated heterocycles. The van der Waals surface area contributed by atoms with E-state index in [2.05, 4.69) is 20.3 Å². The number of rotatable bonds is 6. The number of methoxy groups -OCH3 is 1. The van der Waals surface area contributed by atoms with Crippen LogP contribution in [0.4, 0.5) is 11.6 Å². The summed E-state index contributed by atoms with van der Waals surface area (Å²) in [5.41, 5.74) is 1.61. The van der Waals surface area contributed by atoms with Crippen LogP contribution in [0.3, 0.4) is 0 Å². The first kappa shape index (κ1) is 18.6. The fraction of sp³-hybridized carbons (Fsp3) is 0.150. The van der Waals surface area contributed by atoms with E-state index >= 15 is 0 Å². The number of hydrogen-bond donors (Lipinski definition) is 1. The summed E-state index contributed by atoms with van der Waals surface area (Å²) < 4.78 is 11.4. The Labute approximate surface area is 172 Å². The summed E-state index contributed by atoms with van der Waals surface area (Å²) in [6.07, 6.45) is 1.72. The van der Waals surface area contributed by atoms with Crippen LogP contribution in [-0.4, -0.2) is 34.4 Å². The van der Waals surface area contributed by atoms with Gasteiger partial charge in [0.25, 0.3) is 0 Å². The molecule has 0 fully saturated rings. The number of ether oxygens (including phenoxy) is 2. The Morgan fingerprint density at radius 3 is 2.68 bits per heavy atom. The molecule has 4 rings (SSSR count). The lowest BCUT2D eigenvalue weighted by Crippen LogP contribution is -2.03. The number of aliphatic imine (C=N–C) groups is 1. The van der Waals surface area contributed by atoms with Crippen LogP contribution in [0, 0.1) is 0 Å². The second-order valence-electron chi connectivity index (χ2n) is 5.85. The van der Waals surface area contributed by atoms with E-state index in [9.17, 15) is 0 Å². The average Bonchev–Trinajstić information content (AvgIpc) is 3.25. The fourth-order valence-electron chi connectivity index (χ4n) is 2.62. The topological polar surface area (TPSA) is 68.6 Å². The van der Waals surface area contributed by atoms with Gasteiger partial charge in [-0.25, -0.2) is 9.97 Å². The van der Waals surface area contributed by atoms with Crippen molar-refractivity contribution >= 4 is 40.0 Å². The molecular weight excluding hydrogens is 396 g/mol. The van der Waals surface area contributed by atoms with Crippen molar-refractivity contribution in [2.24, 2.45) is 4.99 Å². The van der Waals surface area contributed by atoms with Gasteiger partial charge in [-0.05, 0) is 42.5 Å². The van der Waals surface area contributed by atoms with E-state index in [0.717, 1.165) is 28.7 Å². The molecule has 0 saturated carbocycles. The molecule has 6 nitrogen and oxygen atoms in total. The van der Waals surface area contributed by atoms with Gasteiger partial charge in [0.1, 0.15) is 16.5 Å². The number of nitrogens with one attached hydrogen (secondary N) is 1. The number of nitrogens with zero attached hydrogens (tertiary/aromatic N) is 3. The molecule has 0 radical (unpaired) electrons. The number of halogens is 1. The largest absolute Gasteiger partial charge is 0.493 e. The van der Waals surface area contributed by atoms with Crippen LogP contribution >= 0.6 is 23.4 Å². The van der Waals surface area contributed by atoms with Gasteiger partial charge in [-0.2, -0.15) is 0 Å². The normalized spacial score (nSPS) is 13.1. The van der Waals surface area contributed by atoms with Crippen molar-refractivity contribution in [1.82, 2.24) is 9.97 Å².